The Labute approximate surface area is 139 Å². The van der Waals surface area contributed by atoms with Crippen molar-refractivity contribution in [3.8, 4) is 0 Å². The Morgan fingerprint density at radius 1 is 1.22 bits per heavy atom. The summed E-state index contributed by atoms with van der Waals surface area (Å²) in [6.45, 7) is 6.89. The van der Waals surface area contributed by atoms with Gasteiger partial charge in [-0.25, -0.2) is 4.79 Å². The van der Waals surface area contributed by atoms with Crippen LogP contribution in [0.2, 0.25) is 0 Å². The van der Waals surface area contributed by atoms with Crippen molar-refractivity contribution < 1.29 is 4.79 Å². The lowest BCUT2D eigenvalue weighted by molar-refractivity contribution is 0.193. The second-order valence-corrected chi connectivity index (χ2v) is 7.01. The molecular formula is C19H29N3O. The molecule has 1 aromatic carbocycles. The van der Waals surface area contributed by atoms with E-state index in [4.69, 9.17) is 0 Å². The Hall–Kier alpha value is -1.71. The van der Waals surface area contributed by atoms with E-state index in [2.05, 4.69) is 47.5 Å². The van der Waals surface area contributed by atoms with Gasteiger partial charge in [0.1, 0.15) is 0 Å². The van der Waals surface area contributed by atoms with Crippen LogP contribution < -0.4 is 10.2 Å². The van der Waals surface area contributed by atoms with Gasteiger partial charge in [0.05, 0.1) is 0 Å². The molecule has 0 spiro atoms. The van der Waals surface area contributed by atoms with E-state index in [9.17, 15) is 4.79 Å². The van der Waals surface area contributed by atoms with Crippen molar-refractivity contribution in [1.82, 2.24) is 10.2 Å². The first kappa shape index (κ1) is 16.2. The fraction of sp³-hybridized carbons (Fsp3) is 0.632. The molecule has 1 heterocycles. The summed E-state index contributed by atoms with van der Waals surface area (Å²) in [7, 11) is 0. The average molecular weight is 315 g/mol. The molecule has 0 aromatic heterocycles. The average Bonchev–Trinajstić information content (AvgIpc) is 3.27. The zero-order chi connectivity index (χ0) is 16.1. The predicted molar refractivity (Wildman–Crippen MR) is 94.7 cm³/mol. The topological polar surface area (TPSA) is 35.6 Å². The maximum atomic E-state index is 12.4. The number of rotatable bonds is 7. The lowest BCUT2D eigenvalue weighted by atomic mass is 10.1. The summed E-state index contributed by atoms with van der Waals surface area (Å²) in [4.78, 5) is 16.8. The van der Waals surface area contributed by atoms with Gasteiger partial charge in [0.2, 0.25) is 0 Å². The normalized spacial score (nSPS) is 20.6. The van der Waals surface area contributed by atoms with Gasteiger partial charge >= 0.3 is 6.03 Å². The van der Waals surface area contributed by atoms with Gasteiger partial charge in [-0.15, -0.1) is 0 Å². The van der Waals surface area contributed by atoms with Gasteiger partial charge in [-0.05, 0) is 49.7 Å². The smallest absolute Gasteiger partial charge is 0.317 e. The Kier molecular flexibility index (Phi) is 5.42. The van der Waals surface area contributed by atoms with Gasteiger partial charge in [-0.1, -0.05) is 25.1 Å². The van der Waals surface area contributed by atoms with Crippen LogP contribution in [0.3, 0.4) is 0 Å². The molecule has 1 saturated carbocycles. The number of para-hydroxylation sites is 1. The summed E-state index contributed by atoms with van der Waals surface area (Å²) in [6, 6.07) is 10.7. The number of anilines is 1. The van der Waals surface area contributed by atoms with Crippen LogP contribution in [0.1, 0.15) is 32.6 Å². The Bertz CT molecular complexity index is 501. The lowest BCUT2D eigenvalue weighted by Gasteiger charge is -2.24. The molecule has 1 atom stereocenters. The van der Waals surface area contributed by atoms with Gasteiger partial charge in [0, 0.05) is 38.4 Å². The van der Waals surface area contributed by atoms with Gasteiger partial charge < -0.3 is 15.1 Å². The third kappa shape index (κ3) is 4.63. The lowest BCUT2D eigenvalue weighted by Crippen LogP contribution is -2.43. The van der Waals surface area contributed by atoms with E-state index < -0.39 is 0 Å². The van der Waals surface area contributed by atoms with Crippen LogP contribution in [-0.4, -0.2) is 43.7 Å². The Balaban J connectivity index is 1.43. The van der Waals surface area contributed by atoms with Crippen molar-refractivity contribution in [3.63, 3.8) is 0 Å². The summed E-state index contributed by atoms with van der Waals surface area (Å²) in [6.07, 6.45) is 4.78. The molecule has 2 aliphatic rings. The summed E-state index contributed by atoms with van der Waals surface area (Å²) < 4.78 is 0. The van der Waals surface area contributed by atoms with Crippen LogP contribution in [-0.2, 0) is 0 Å². The molecule has 2 fully saturated rings. The standard InChI is InChI=1S/C19H29N3O/c1-2-11-22(14-16-8-9-16)19(23)20-13-17-10-12-21(15-17)18-6-4-3-5-7-18/h3-7,16-17H,2,8-15H2,1H3,(H,20,23). The number of benzene rings is 1. The van der Waals surface area contributed by atoms with E-state index in [1.54, 1.807) is 0 Å². The molecule has 2 amide bonds. The monoisotopic (exact) mass is 315 g/mol. The molecule has 3 rings (SSSR count). The quantitative estimate of drug-likeness (QED) is 0.837. The molecule has 0 bridgehead atoms. The number of nitrogens with one attached hydrogen (secondary N) is 1. The minimum absolute atomic E-state index is 0.136. The molecule has 1 aliphatic carbocycles. The Morgan fingerprint density at radius 2 is 2.00 bits per heavy atom. The van der Waals surface area contributed by atoms with Crippen LogP contribution in [0.25, 0.3) is 0 Å². The molecule has 1 unspecified atom stereocenters. The molecule has 4 heteroatoms. The summed E-state index contributed by atoms with van der Waals surface area (Å²) in [5.41, 5.74) is 1.29. The molecule has 1 saturated heterocycles. The summed E-state index contributed by atoms with van der Waals surface area (Å²) in [5.74, 6) is 1.32. The molecule has 1 N–H and O–H groups in total. The zero-order valence-corrected chi connectivity index (χ0v) is 14.2. The summed E-state index contributed by atoms with van der Waals surface area (Å²) in [5, 5.41) is 3.17. The number of urea groups is 1. The van der Waals surface area contributed by atoms with Crippen LogP contribution in [0.5, 0.6) is 0 Å². The van der Waals surface area contributed by atoms with E-state index in [1.807, 2.05) is 4.90 Å². The van der Waals surface area contributed by atoms with E-state index in [1.165, 1.54) is 18.5 Å². The van der Waals surface area contributed by atoms with Crippen LogP contribution in [0.15, 0.2) is 30.3 Å². The zero-order valence-electron chi connectivity index (χ0n) is 14.2. The second kappa shape index (κ2) is 7.71. The van der Waals surface area contributed by atoms with Crippen LogP contribution in [0, 0.1) is 11.8 Å². The first-order valence-electron chi connectivity index (χ1n) is 9.09. The van der Waals surface area contributed by atoms with Crippen molar-refractivity contribution in [2.45, 2.75) is 32.6 Å². The maximum Gasteiger partial charge on any atom is 0.317 e. The number of nitrogens with zero attached hydrogens (tertiary/aromatic N) is 2. The second-order valence-electron chi connectivity index (χ2n) is 7.01. The molecule has 126 valence electrons. The van der Waals surface area contributed by atoms with Crippen molar-refractivity contribution in [3.05, 3.63) is 30.3 Å². The predicted octanol–water partition coefficient (Wildman–Crippen LogP) is 3.34. The fourth-order valence-electron chi connectivity index (χ4n) is 3.37. The van der Waals surface area contributed by atoms with Gasteiger partial charge in [-0.3, -0.25) is 0 Å². The molecule has 23 heavy (non-hydrogen) atoms. The van der Waals surface area contributed by atoms with Crippen molar-refractivity contribution in [2.75, 3.05) is 37.6 Å². The first-order valence-corrected chi connectivity index (χ1v) is 9.09. The minimum atomic E-state index is 0.136. The molecule has 1 aliphatic heterocycles. The number of hydrogen-bond acceptors (Lipinski definition) is 2. The number of carbonyl (C=O) groups is 1. The highest BCUT2D eigenvalue weighted by Gasteiger charge is 2.27. The molecule has 1 aromatic rings. The van der Waals surface area contributed by atoms with Gasteiger partial charge in [-0.2, -0.15) is 0 Å². The maximum absolute atomic E-state index is 12.4. The first-order chi connectivity index (χ1) is 11.3. The highest BCUT2D eigenvalue weighted by molar-refractivity contribution is 5.74. The third-order valence-corrected chi connectivity index (χ3v) is 4.91. The van der Waals surface area contributed by atoms with E-state index in [-0.39, 0.29) is 6.03 Å². The fourth-order valence-corrected chi connectivity index (χ4v) is 3.37. The molecule has 0 radical (unpaired) electrons. The van der Waals surface area contributed by atoms with Crippen LogP contribution >= 0.6 is 0 Å². The van der Waals surface area contributed by atoms with Crippen LogP contribution in [0.4, 0.5) is 10.5 Å². The van der Waals surface area contributed by atoms with E-state index in [0.717, 1.165) is 51.5 Å². The summed E-state index contributed by atoms with van der Waals surface area (Å²) >= 11 is 0. The van der Waals surface area contributed by atoms with E-state index in [0.29, 0.717) is 5.92 Å². The van der Waals surface area contributed by atoms with Crippen molar-refractivity contribution in [2.24, 2.45) is 11.8 Å². The van der Waals surface area contributed by atoms with Crippen molar-refractivity contribution in [1.29, 1.82) is 0 Å². The number of amides is 2. The molecule has 4 nitrogen and oxygen atoms in total. The third-order valence-electron chi connectivity index (χ3n) is 4.91. The Morgan fingerprint density at radius 3 is 2.70 bits per heavy atom. The largest absolute Gasteiger partial charge is 0.371 e. The van der Waals surface area contributed by atoms with Gasteiger partial charge in [0.25, 0.3) is 0 Å². The van der Waals surface area contributed by atoms with Crippen molar-refractivity contribution >= 4 is 11.7 Å². The highest BCUT2D eigenvalue weighted by atomic mass is 16.2. The van der Waals surface area contributed by atoms with E-state index >= 15 is 0 Å². The van der Waals surface area contributed by atoms with Gasteiger partial charge in [0.15, 0.2) is 0 Å². The molecular weight excluding hydrogens is 286 g/mol. The SMILES string of the molecule is CCCN(CC1CC1)C(=O)NCC1CCN(c2ccccc2)C1. The number of carbonyl (C=O) groups excluding carboxylic acids is 1. The number of hydrogen-bond donors (Lipinski definition) is 1. The highest BCUT2D eigenvalue weighted by Crippen LogP contribution is 2.29. The minimum Gasteiger partial charge on any atom is -0.371 e.